The molecule has 0 atom stereocenters. The third kappa shape index (κ3) is 4.78. The molecule has 0 spiro atoms. The first-order valence-electron chi connectivity index (χ1n) is 10.5. The lowest BCUT2D eigenvalue weighted by atomic mass is 9.96. The number of carbonyl (C=O) groups excluding carboxylic acids is 1. The van der Waals surface area contributed by atoms with E-state index in [4.69, 9.17) is 0 Å². The molecule has 0 radical (unpaired) electrons. The van der Waals surface area contributed by atoms with Crippen LogP contribution in [-0.4, -0.2) is 25.1 Å². The molecule has 2 aromatic rings. The van der Waals surface area contributed by atoms with Gasteiger partial charge < -0.3 is 5.32 Å². The van der Waals surface area contributed by atoms with E-state index < -0.39 is 10.0 Å². The number of anilines is 2. The normalized spacial score (nSPS) is 15.5. The summed E-state index contributed by atoms with van der Waals surface area (Å²) < 4.78 is 26.4. The van der Waals surface area contributed by atoms with Crippen LogP contribution in [0.1, 0.15) is 49.4 Å². The molecule has 1 amide bonds. The van der Waals surface area contributed by atoms with Gasteiger partial charge in [-0.05, 0) is 68.4 Å². The predicted octanol–water partition coefficient (Wildman–Crippen LogP) is 4.08. The van der Waals surface area contributed by atoms with Gasteiger partial charge in [0.2, 0.25) is 15.9 Å². The van der Waals surface area contributed by atoms with Gasteiger partial charge in [0.1, 0.15) is 11.9 Å². The Morgan fingerprint density at radius 3 is 2.81 bits per heavy atom. The van der Waals surface area contributed by atoms with Crippen LogP contribution in [0.15, 0.2) is 30.3 Å². The molecule has 0 bridgehead atoms. The molecule has 0 aliphatic heterocycles. The van der Waals surface area contributed by atoms with Crippen molar-refractivity contribution < 1.29 is 13.2 Å². The molecule has 1 aromatic heterocycles. The van der Waals surface area contributed by atoms with Crippen molar-refractivity contribution in [2.24, 2.45) is 5.92 Å². The molecule has 1 heterocycles. The molecule has 4 rings (SSSR count). The summed E-state index contributed by atoms with van der Waals surface area (Å²) in [6, 6.07) is 8.99. The zero-order valence-corrected chi connectivity index (χ0v) is 18.1. The monoisotopic (exact) mass is 436 g/mol. The average Bonchev–Trinajstić information content (AvgIpc) is 3.60. The summed E-state index contributed by atoms with van der Waals surface area (Å²) in [4.78, 5) is 17.0. The van der Waals surface area contributed by atoms with Crippen molar-refractivity contribution >= 4 is 33.5 Å². The number of nitrogens with one attached hydrogen (secondary N) is 2. The minimum absolute atomic E-state index is 0.00963. The van der Waals surface area contributed by atoms with Crippen LogP contribution >= 0.6 is 0 Å². The maximum atomic E-state index is 12.3. The van der Waals surface area contributed by atoms with Gasteiger partial charge in [-0.25, -0.2) is 13.4 Å². The van der Waals surface area contributed by atoms with E-state index >= 15 is 0 Å². The van der Waals surface area contributed by atoms with E-state index in [0.717, 1.165) is 54.5 Å². The Morgan fingerprint density at radius 1 is 1.29 bits per heavy atom. The van der Waals surface area contributed by atoms with Crippen LogP contribution in [0.3, 0.4) is 0 Å². The zero-order valence-electron chi connectivity index (χ0n) is 17.3. The van der Waals surface area contributed by atoms with Gasteiger partial charge in [0.25, 0.3) is 0 Å². The Bertz CT molecular complexity index is 1210. The highest BCUT2D eigenvalue weighted by Gasteiger charge is 2.30. The van der Waals surface area contributed by atoms with Crippen molar-refractivity contribution in [3.63, 3.8) is 0 Å². The van der Waals surface area contributed by atoms with Gasteiger partial charge in [-0.3, -0.25) is 9.52 Å². The van der Waals surface area contributed by atoms with Crippen molar-refractivity contribution in [1.29, 1.82) is 5.26 Å². The van der Waals surface area contributed by atoms with Crippen molar-refractivity contribution in [3.8, 4) is 17.2 Å². The standard InChI is InChI=1S/C23H24N4O3S/c1-2-31(29,30)27-20-11-10-16(12-17(20)14-24)19-13-22(26-23(28)15-8-9-15)25-21-7-5-3-4-6-18(19)21/h4,6,10-13,15,27H,2-3,5,7-9H2,1H3,(H,25,26,28). The van der Waals surface area contributed by atoms with Gasteiger partial charge >= 0.3 is 0 Å². The lowest BCUT2D eigenvalue weighted by molar-refractivity contribution is -0.117. The third-order valence-electron chi connectivity index (χ3n) is 5.50. The molecule has 1 aromatic carbocycles. The number of amides is 1. The van der Waals surface area contributed by atoms with E-state index in [-0.39, 0.29) is 28.8 Å². The van der Waals surface area contributed by atoms with E-state index in [1.54, 1.807) is 25.1 Å². The molecule has 1 fully saturated rings. The first kappa shape index (κ1) is 21.1. The van der Waals surface area contributed by atoms with Crippen LogP contribution in [0.5, 0.6) is 0 Å². The Hall–Kier alpha value is -3.18. The van der Waals surface area contributed by atoms with Gasteiger partial charge in [0.15, 0.2) is 0 Å². The first-order valence-corrected chi connectivity index (χ1v) is 12.1. The molecule has 1 saturated carbocycles. The predicted molar refractivity (Wildman–Crippen MR) is 121 cm³/mol. The van der Waals surface area contributed by atoms with Crippen LogP contribution in [0.4, 0.5) is 11.5 Å². The molecule has 160 valence electrons. The van der Waals surface area contributed by atoms with E-state index in [2.05, 4.69) is 27.2 Å². The fourth-order valence-corrected chi connectivity index (χ4v) is 4.24. The second-order valence-corrected chi connectivity index (χ2v) is 9.86. The van der Waals surface area contributed by atoms with Crippen LogP contribution in [0, 0.1) is 17.2 Å². The Kier molecular flexibility index (Phi) is 5.79. The second-order valence-electron chi connectivity index (χ2n) is 7.85. The van der Waals surface area contributed by atoms with E-state index in [1.807, 2.05) is 12.1 Å². The number of rotatable bonds is 6. The van der Waals surface area contributed by atoms with Gasteiger partial charge in [-0.1, -0.05) is 18.2 Å². The molecule has 7 nitrogen and oxygen atoms in total. The maximum absolute atomic E-state index is 12.3. The van der Waals surface area contributed by atoms with Crippen molar-refractivity contribution in [1.82, 2.24) is 4.98 Å². The maximum Gasteiger partial charge on any atom is 0.232 e. The topological polar surface area (TPSA) is 112 Å². The van der Waals surface area contributed by atoms with Gasteiger partial charge in [-0.2, -0.15) is 5.26 Å². The Balaban J connectivity index is 1.78. The molecule has 0 saturated heterocycles. The number of nitrogens with zero attached hydrogens (tertiary/aromatic N) is 2. The van der Waals surface area contributed by atoms with Crippen molar-refractivity contribution in [2.75, 3.05) is 15.8 Å². The number of fused-ring (bicyclic) bond motifs is 1. The number of allylic oxidation sites excluding steroid dienone is 1. The van der Waals surface area contributed by atoms with Crippen LogP contribution < -0.4 is 10.0 Å². The molecule has 2 aliphatic carbocycles. The molecule has 0 unspecified atom stereocenters. The van der Waals surface area contributed by atoms with Gasteiger partial charge in [0, 0.05) is 11.5 Å². The molecule has 2 aliphatic rings. The highest BCUT2D eigenvalue weighted by Crippen LogP contribution is 2.35. The summed E-state index contributed by atoms with van der Waals surface area (Å²) in [6.45, 7) is 1.54. The zero-order chi connectivity index (χ0) is 22.0. The quantitative estimate of drug-likeness (QED) is 0.709. The number of aryl methyl sites for hydroxylation is 1. The summed E-state index contributed by atoms with van der Waals surface area (Å²) >= 11 is 0. The number of nitriles is 1. The molecular weight excluding hydrogens is 412 g/mol. The lowest BCUT2D eigenvalue weighted by Crippen LogP contribution is -2.16. The summed E-state index contributed by atoms with van der Waals surface area (Å²) in [5.41, 5.74) is 3.99. The number of hydrogen-bond donors (Lipinski definition) is 2. The van der Waals surface area contributed by atoms with E-state index in [9.17, 15) is 18.5 Å². The SMILES string of the molecule is CCS(=O)(=O)Nc1ccc(-c2cc(NC(=O)C3CC3)nc3c2C=CCCC3)cc1C#N. The average molecular weight is 437 g/mol. The summed E-state index contributed by atoms with van der Waals surface area (Å²) in [5, 5.41) is 12.5. The number of benzene rings is 1. The molecule has 2 N–H and O–H groups in total. The first-order chi connectivity index (χ1) is 14.9. The fraction of sp³-hybridized carbons (Fsp3) is 0.348. The van der Waals surface area contributed by atoms with Crippen LogP contribution in [-0.2, 0) is 21.2 Å². The van der Waals surface area contributed by atoms with Crippen molar-refractivity contribution in [3.05, 3.63) is 47.2 Å². The minimum atomic E-state index is -3.49. The Morgan fingerprint density at radius 2 is 2.10 bits per heavy atom. The second kappa shape index (κ2) is 8.52. The minimum Gasteiger partial charge on any atom is -0.310 e. The van der Waals surface area contributed by atoms with Gasteiger partial charge in [0.05, 0.1) is 22.7 Å². The fourth-order valence-electron chi connectivity index (χ4n) is 3.58. The van der Waals surface area contributed by atoms with Gasteiger partial charge in [-0.15, -0.1) is 0 Å². The number of carbonyl (C=O) groups is 1. The third-order valence-corrected chi connectivity index (χ3v) is 6.79. The van der Waals surface area contributed by atoms with E-state index in [1.165, 1.54) is 0 Å². The highest BCUT2D eigenvalue weighted by atomic mass is 32.2. The smallest absolute Gasteiger partial charge is 0.232 e. The number of sulfonamides is 1. The summed E-state index contributed by atoms with van der Waals surface area (Å²) in [5.74, 6) is 0.492. The molecule has 31 heavy (non-hydrogen) atoms. The molecule has 8 heteroatoms. The highest BCUT2D eigenvalue weighted by molar-refractivity contribution is 7.92. The Labute approximate surface area is 182 Å². The number of pyridine rings is 1. The molecular formula is C23H24N4O3S. The van der Waals surface area contributed by atoms with Crippen molar-refractivity contribution in [2.45, 2.75) is 39.0 Å². The summed E-state index contributed by atoms with van der Waals surface area (Å²) in [6.07, 6.45) is 8.67. The summed E-state index contributed by atoms with van der Waals surface area (Å²) in [7, 11) is -3.49. The number of hydrogen-bond acceptors (Lipinski definition) is 5. The van der Waals surface area contributed by atoms with E-state index in [0.29, 0.717) is 5.82 Å². The number of aromatic nitrogens is 1. The lowest BCUT2D eigenvalue weighted by Gasteiger charge is -2.15. The largest absolute Gasteiger partial charge is 0.310 e. The van der Waals surface area contributed by atoms with Crippen LogP contribution in [0.2, 0.25) is 0 Å². The van der Waals surface area contributed by atoms with Crippen LogP contribution in [0.25, 0.3) is 17.2 Å².